The average Bonchev–Trinajstić information content (AvgIpc) is 1.59. The molecule has 0 aliphatic carbocycles. The number of fused-ring (bicyclic) bond motifs is 6. The van der Waals surface area contributed by atoms with Gasteiger partial charge in [0.25, 0.3) is 0 Å². The Labute approximate surface area is 643 Å². The van der Waals surface area contributed by atoms with Gasteiger partial charge in [-0.1, -0.05) is 309 Å². The van der Waals surface area contributed by atoms with Crippen molar-refractivity contribution in [2.75, 3.05) is 0 Å². The molecule has 0 bridgehead atoms. The summed E-state index contributed by atoms with van der Waals surface area (Å²) in [7, 11) is 0. The third kappa shape index (κ3) is 13.0. The van der Waals surface area contributed by atoms with Crippen LogP contribution in [0, 0.1) is 0 Å². The molecule has 0 fully saturated rings. The predicted molar refractivity (Wildman–Crippen MR) is 456 cm³/mol. The fraction of sp³-hybridized carbons (Fsp3) is 0. The lowest BCUT2D eigenvalue weighted by molar-refractivity contribution is 1.18. The smallest absolute Gasteiger partial charge is 0.160 e. The molecule has 0 saturated carbocycles. The third-order valence-corrected chi connectivity index (χ3v) is 22.7. The Hall–Kier alpha value is -14.2. The third-order valence-electron chi connectivity index (χ3n) is 20.4. The zero-order valence-electron chi connectivity index (χ0n) is 59.2. The molecule has 514 valence electrons. The lowest BCUT2D eigenvalue weighted by Gasteiger charge is -2.11. The van der Waals surface area contributed by atoms with Crippen molar-refractivity contribution < 1.29 is 0 Å². The summed E-state index contributed by atoms with van der Waals surface area (Å²) in [5.74, 6) is 2.69. The molecule has 0 N–H and O–H groups in total. The average molecular weight is 1440 g/mol. The van der Waals surface area contributed by atoms with E-state index in [0.717, 1.165) is 140 Å². The van der Waals surface area contributed by atoms with Crippen LogP contribution in [-0.4, -0.2) is 39.9 Å². The van der Waals surface area contributed by atoms with Gasteiger partial charge in [0.05, 0.1) is 45.6 Å². The fourth-order valence-electron chi connectivity index (χ4n) is 14.7. The van der Waals surface area contributed by atoms with Gasteiger partial charge in [0.15, 0.2) is 23.3 Å². The van der Waals surface area contributed by atoms with Crippen LogP contribution >= 0.6 is 22.7 Å². The second-order valence-corrected chi connectivity index (χ2v) is 29.6. The molecule has 0 radical (unpaired) electrons. The fourth-order valence-corrected chi connectivity index (χ4v) is 16.9. The Morgan fingerprint density at radius 3 is 0.718 bits per heavy atom. The molecule has 0 aliphatic heterocycles. The maximum atomic E-state index is 5.37. The molecule has 0 unspecified atom stereocenters. The van der Waals surface area contributed by atoms with Crippen LogP contribution in [0.2, 0.25) is 0 Å². The molecule has 14 aromatic carbocycles. The molecule has 6 heterocycles. The van der Waals surface area contributed by atoms with Crippen molar-refractivity contribution in [3.05, 3.63) is 376 Å². The molecular formula is C100H62N8S2. The summed E-state index contributed by atoms with van der Waals surface area (Å²) in [6.45, 7) is 0. The van der Waals surface area contributed by atoms with Crippen LogP contribution in [0.15, 0.2) is 376 Å². The van der Waals surface area contributed by atoms with Crippen molar-refractivity contribution in [2.45, 2.75) is 0 Å². The summed E-state index contributed by atoms with van der Waals surface area (Å²) in [5.41, 5.74) is 25.6. The predicted octanol–water partition coefficient (Wildman–Crippen LogP) is 26.6. The van der Waals surface area contributed by atoms with Gasteiger partial charge < -0.3 is 0 Å². The van der Waals surface area contributed by atoms with Crippen LogP contribution in [0.3, 0.4) is 0 Å². The highest BCUT2D eigenvalue weighted by atomic mass is 32.1. The van der Waals surface area contributed by atoms with E-state index >= 15 is 0 Å². The summed E-state index contributed by atoms with van der Waals surface area (Å²) in [5, 5.41) is 4.72. The number of benzene rings is 14. The Morgan fingerprint density at radius 1 is 0.127 bits per heavy atom. The van der Waals surface area contributed by atoms with Crippen molar-refractivity contribution in [2.24, 2.45) is 0 Å². The van der Waals surface area contributed by atoms with Crippen molar-refractivity contribution in [1.82, 2.24) is 39.9 Å². The molecule has 20 rings (SSSR count). The molecule has 8 nitrogen and oxygen atoms in total. The summed E-state index contributed by atoms with van der Waals surface area (Å²) in [6.07, 6.45) is 0. The van der Waals surface area contributed by atoms with Crippen molar-refractivity contribution in [3.63, 3.8) is 0 Å². The van der Waals surface area contributed by atoms with E-state index in [1.165, 1.54) is 45.9 Å². The zero-order chi connectivity index (χ0) is 72.9. The van der Waals surface area contributed by atoms with Gasteiger partial charge in [-0.15, -0.1) is 22.7 Å². The summed E-state index contributed by atoms with van der Waals surface area (Å²) < 4.78 is 4.76. The van der Waals surface area contributed by atoms with Crippen LogP contribution in [-0.2, 0) is 0 Å². The normalized spacial score (nSPS) is 11.5. The van der Waals surface area contributed by atoms with E-state index in [1.807, 2.05) is 72.8 Å². The first-order chi connectivity index (χ1) is 54.4. The van der Waals surface area contributed by atoms with E-state index in [2.05, 4.69) is 303 Å². The largest absolute Gasteiger partial charge is 0.228 e. The van der Waals surface area contributed by atoms with Crippen molar-refractivity contribution in [3.8, 4) is 169 Å². The van der Waals surface area contributed by atoms with Gasteiger partial charge in [-0.05, 0) is 100 Å². The number of rotatable bonds is 15. The molecule has 10 heteroatoms. The SMILES string of the molecule is c1ccc(-c2ccc(-c3cc(-c4ccc5sc6cc(-c7cc(-c8ccccc8)nc(-c8cccc(-c9ccc(-c%10ccc(-c%11nc(-c%12ccccc%12)cc(-c%12ccc%13sc%14cc(-c%15cc(-c%16ccccc%16)nc(-c%16ccccc%16)n%15)ccc%14c%13c%12)n%11)cc%10)cc9)c8)n7)ccc6c5c4)nc(-c4ccccc4)n3)cc2)cc1. The standard InChI is InChI=1S/C100H62N8S2/c1-7-20-63(21-8-1)64-38-42-71(43-39-64)88-62-90(105-98(103-88)73-30-17-6-18-31-73)77-49-53-94-84(56-77)82-51-47-79(58-96(82)110-94)92-61-87(70-26-13-4-14-27-70)104-100(108-92)80-33-19-32-75(54-80)67-36-34-65(35-37-67)66-40-44-74(45-41-66)99-102-85(68-22-9-2-10-23-68)59-89(106-99)76-48-52-93-83(55-76)81-50-46-78(57-95(81)109-93)91-60-86(69-24-11-3-12-25-69)101-97(107-91)72-28-15-5-16-29-72/h1-62H. The van der Waals surface area contributed by atoms with Crippen LogP contribution in [0.4, 0.5) is 0 Å². The van der Waals surface area contributed by atoms with Gasteiger partial charge in [0, 0.05) is 107 Å². The van der Waals surface area contributed by atoms with Crippen LogP contribution < -0.4 is 0 Å². The van der Waals surface area contributed by atoms with Gasteiger partial charge in [0.1, 0.15) is 0 Å². The van der Waals surface area contributed by atoms with Crippen molar-refractivity contribution in [1.29, 1.82) is 0 Å². The van der Waals surface area contributed by atoms with Crippen LogP contribution in [0.1, 0.15) is 0 Å². The first-order valence-electron chi connectivity index (χ1n) is 36.7. The van der Waals surface area contributed by atoms with E-state index in [9.17, 15) is 0 Å². The number of nitrogens with zero attached hydrogens (tertiary/aromatic N) is 8. The van der Waals surface area contributed by atoms with Crippen LogP contribution in [0.5, 0.6) is 0 Å². The Kier molecular flexibility index (Phi) is 16.8. The lowest BCUT2D eigenvalue weighted by Crippen LogP contribution is -1.96. The first-order valence-corrected chi connectivity index (χ1v) is 38.3. The van der Waals surface area contributed by atoms with Gasteiger partial charge in [-0.3, -0.25) is 0 Å². The molecule has 110 heavy (non-hydrogen) atoms. The summed E-state index contributed by atoms with van der Waals surface area (Å²) in [6, 6.07) is 132. The second kappa shape index (κ2) is 28.3. The number of hydrogen-bond donors (Lipinski definition) is 0. The monoisotopic (exact) mass is 1440 g/mol. The highest BCUT2D eigenvalue weighted by Gasteiger charge is 2.20. The summed E-state index contributed by atoms with van der Waals surface area (Å²) in [4.78, 5) is 41.7. The van der Waals surface area contributed by atoms with E-state index in [1.54, 1.807) is 22.7 Å². The topological polar surface area (TPSA) is 103 Å². The number of hydrogen-bond acceptors (Lipinski definition) is 10. The Balaban J connectivity index is 0.575. The van der Waals surface area contributed by atoms with Gasteiger partial charge in [-0.2, -0.15) is 0 Å². The minimum absolute atomic E-state index is 0.653. The number of aromatic nitrogens is 8. The maximum absolute atomic E-state index is 5.37. The van der Waals surface area contributed by atoms with E-state index in [4.69, 9.17) is 39.9 Å². The molecule has 0 saturated heterocycles. The van der Waals surface area contributed by atoms with E-state index in [0.29, 0.717) is 23.3 Å². The minimum atomic E-state index is 0.653. The minimum Gasteiger partial charge on any atom is -0.228 e. The van der Waals surface area contributed by atoms with E-state index in [-0.39, 0.29) is 0 Å². The van der Waals surface area contributed by atoms with Crippen LogP contribution in [0.25, 0.3) is 209 Å². The number of thiophene rings is 2. The zero-order valence-corrected chi connectivity index (χ0v) is 60.8. The lowest BCUT2D eigenvalue weighted by atomic mass is 9.98. The van der Waals surface area contributed by atoms with E-state index < -0.39 is 0 Å². The molecule has 0 amide bonds. The Morgan fingerprint density at radius 2 is 0.355 bits per heavy atom. The first kappa shape index (κ1) is 65.4. The molecule has 6 aromatic heterocycles. The quantitative estimate of drug-likeness (QED) is 0.1000. The Bertz CT molecular complexity index is 6780. The molecule has 20 aromatic rings. The van der Waals surface area contributed by atoms with Gasteiger partial charge in [0.2, 0.25) is 0 Å². The molecular weight excluding hydrogens is 1380 g/mol. The molecule has 0 atom stereocenters. The molecule has 0 aliphatic rings. The summed E-state index contributed by atoms with van der Waals surface area (Å²) >= 11 is 3.58. The highest BCUT2D eigenvalue weighted by Crippen LogP contribution is 2.43. The maximum Gasteiger partial charge on any atom is 0.160 e. The van der Waals surface area contributed by atoms with Crippen molar-refractivity contribution >= 4 is 63.0 Å². The van der Waals surface area contributed by atoms with Gasteiger partial charge >= 0.3 is 0 Å². The molecule has 0 spiro atoms. The highest BCUT2D eigenvalue weighted by molar-refractivity contribution is 7.26. The second-order valence-electron chi connectivity index (χ2n) is 27.4. The van der Waals surface area contributed by atoms with Gasteiger partial charge in [-0.25, -0.2) is 39.9 Å².